The molecule has 2 heterocycles. The van der Waals surface area contributed by atoms with Crippen LogP contribution in [0.25, 0.3) is 0 Å². The predicted octanol–water partition coefficient (Wildman–Crippen LogP) is 4.40. The second kappa shape index (κ2) is 16.7. The molecule has 0 spiro atoms. The Morgan fingerprint density at radius 1 is 1.02 bits per heavy atom. The largest absolute Gasteiger partial charge is 0.453 e. The summed E-state index contributed by atoms with van der Waals surface area (Å²) >= 11 is 0. The van der Waals surface area contributed by atoms with Crippen LogP contribution in [0.1, 0.15) is 70.9 Å². The number of hydrogen-bond acceptors (Lipinski definition) is 9. The smallest absolute Gasteiger partial charge is 0.412 e. The highest BCUT2D eigenvalue weighted by molar-refractivity contribution is 5.90. The highest BCUT2D eigenvalue weighted by Crippen LogP contribution is 2.44. The molecule has 3 rings (SSSR count). The van der Waals surface area contributed by atoms with Crippen LogP contribution in [-0.2, 0) is 23.8 Å². The van der Waals surface area contributed by atoms with Crippen LogP contribution in [0.3, 0.4) is 0 Å². The van der Waals surface area contributed by atoms with Crippen LogP contribution < -0.4 is 16.3 Å². The van der Waals surface area contributed by atoms with Crippen LogP contribution in [0.4, 0.5) is 25.1 Å². The van der Waals surface area contributed by atoms with E-state index in [-0.39, 0.29) is 24.8 Å². The zero-order valence-electron chi connectivity index (χ0n) is 24.0. The number of amides is 2. The molecule has 1 aliphatic heterocycles. The third-order valence-corrected chi connectivity index (χ3v) is 6.67. The van der Waals surface area contributed by atoms with Gasteiger partial charge in [-0.2, -0.15) is 13.8 Å². The molecule has 0 saturated carbocycles. The first-order valence-electron chi connectivity index (χ1n) is 14.4. The molecule has 12 nitrogen and oxygen atoms in total. The molecule has 1 aliphatic rings. The van der Waals surface area contributed by atoms with Gasteiger partial charge in [-0.3, -0.25) is 19.5 Å². The summed E-state index contributed by atoms with van der Waals surface area (Å²) in [6.45, 7) is 1.28. The van der Waals surface area contributed by atoms with Gasteiger partial charge >= 0.3 is 23.7 Å². The summed E-state index contributed by atoms with van der Waals surface area (Å²) in [5.74, 6) is -5.12. The van der Waals surface area contributed by atoms with E-state index in [9.17, 15) is 24.3 Å². The molecule has 1 aromatic carbocycles. The predicted molar refractivity (Wildman–Crippen MR) is 152 cm³/mol. The van der Waals surface area contributed by atoms with Crippen molar-refractivity contribution in [2.24, 2.45) is 0 Å². The van der Waals surface area contributed by atoms with E-state index in [0.717, 1.165) is 25.1 Å². The minimum atomic E-state index is -3.88. The van der Waals surface area contributed by atoms with Crippen LogP contribution in [-0.4, -0.2) is 64.0 Å². The van der Waals surface area contributed by atoms with Gasteiger partial charge in [0.2, 0.25) is 12.1 Å². The average molecular weight is 609 g/mol. The van der Waals surface area contributed by atoms with Gasteiger partial charge in [0.15, 0.2) is 6.10 Å². The monoisotopic (exact) mass is 608 g/mol. The Hall–Kier alpha value is -3.91. The SMILES string of the molecule is CCCCCOC(=O)Nc1ccn([C@@H]2O[C@H](CO)[C@@H](OC(=O)CCCCCCC(=O)Nc3ccccc3)C2(F)F)c(=O)n1. The van der Waals surface area contributed by atoms with Crippen LogP contribution in [0.2, 0.25) is 0 Å². The molecule has 0 bridgehead atoms. The molecule has 3 atom stereocenters. The topological polar surface area (TPSA) is 158 Å². The molecule has 14 heteroatoms. The summed E-state index contributed by atoms with van der Waals surface area (Å²) in [5.41, 5.74) is -0.453. The molecule has 0 aliphatic carbocycles. The number of alkyl halides is 2. The first-order valence-corrected chi connectivity index (χ1v) is 14.4. The number of aromatic nitrogens is 2. The van der Waals surface area contributed by atoms with Gasteiger partial charge in [0, 0.05) is 24.7 Å². The minimum absolute atomic E-state index is 0.126. The van der Waals surface area contributed by atoms with Crippen molar-refractivity contribution in [2.45, 2.75) is 89.1 Å². The van der Waals surface area contributed by atoms with Gasteiger partial charge in [-0.1, -0.05) is 50.8 Å². The van der Waals surface area contributed by atoms with Gasteiger partial charge in [-0.25, -0.2) is 9.59 Å². The number of aliphatic hydroxyl groups excluding tert-OH is 1. The molecular weight excluding hydrogens is 570 g/mol. The van der Waals surface area contributed by atoms with E-state index < -0.39 is 48.7 Å². The maximum atomic E-state index is 15.3. The summed E-state index contributed by atoms with van der Waals surface area (Å²) in [6.07, 6.45) is -1.02. The molecule has 1 saturated heterocycles. The van der Waals surface area contributed by atoms with Crippen molar-refractivity contribution in [2.75, 3.05) is 23.8 Å². The Bertz CT molecular complexity index is 1260. The number of anilines is 2. The second-order valence-electron chi connectivity index (χ2n) is 10.1. The van der Waals surface area contributed by atoms with Crippen LogP contribution >= 0.6 is 0 Å². The van der Waals surface area contributed by atoms with E-state index in [1.807, 2.05) is 25.1 Å². The maximum absolute atomic E-state index is 15.3. The number of carbonyl (C=O) groups excluding carboxylic acids is 3. The normalized spacial score (nSPS) is 19.0. The lowest BCUT2D eigenvalue weighted by Crippen LogP contribution is -2.44. The molecule has 2 amide bonds. The van der Waals surface area contributed by atoms with E-state index in [4.69, 9.17) is 14.2 Å². The number of aliphatic hydroxyl groups is 1. The van der Waals surface area contributed by atoms with Gasteiger partial charge in [-0.05, 0) is 37.5 Å². The number of ether oxygens (including phenoxy) is 3. The van der Waals surface area contributed by atoms with Crippen molar-refractivity contribution in [3.63, 3.8) is 0 Å². The minimum Gasteiger partial charge on any atom is -0.453 e. The number of halogens is 2. The van der Waals surface area contributed by atoms with Crippen LogP contribution in [0.5, 0.6) is 0 Å². The Morgan fingerprint density at radius 3 is 2.42 bits per heavy atom. The van der Waals surface area contributed by atoms with Crippen molar-refractivity contribution in [1.29, 1.82) is 0 Å². The van der Waals surface area contributed by atoms with Crippen molar-refractivity contribution in [1.82, 2.24) is 9.55 Å². The Balaban J connectivity index is 1.46. The fraction of sp³-hybridized carbons (Fsp3) is 0.552. The van der Waals surface area contributed by atoms with Crippen LogP contribution in [0.15, 0.2) is 47.4 Å². The third kappa shape index (κ3) is 10.1. The summed E-state index contributed by atoms with van der Waals surface area (Å²) in [4.78, 5) is 52.3. The number of benzene rings is 1. The molecule has 43 heavy (non-hydrogen) atoms. The summed E-state index contributed by atoms with van der Waals surface area (Å²) in [5, 5.41) is 14.7. The zero-order valence-corrected chi connectivity index (χ0v) is 24.0. The molecule has 3 N–H and O–H groups in total. The average Bonchev–Trinajstić information content (AvgIpc) is 3.22. The molecular formula is C29H38F2N4O8. The van der Waals surface area contributed by atoms with Crippen LogP contribution in [0, 0.1) is 0 Å². The van der Waals surface area contributed by atoms with Gasteiger partial charge in [-0.15, -0.1) is 0 Å². The van der Waals surface area contributed by atoms with Crippen molar-refractivity contribution >= 4 is 29.5 Å². The summed E-state index contributed by atoms with van der Waals surface area (Å²) in [6, 6.07) is 10.2. The lowest BCUT2D eigenvalue weighted by Gasteiger charge is -2.24. The Morgan fingerprint density at radius 2 is 1.74 bits per heavy atom. The van der Waals surface area contributed by atoms with Gasteiger partial charge in [0.25, 0.3) is 0 Å². The van der Waals surface area contributed by atoms with E-state index >= 15 is 8.78 Å². The maximum Gasteiger partial charge on any atom is 0.412 e. The number of carbonyl (C=O) groups is 3. The fourth-order valence-electron chi connectivity index (χ4n) is 4.43. The number of esters is 1. The molecule has 0 unspecified atom stereocenters. The Kier molecular flexibility index (Phi) is 13.0. The Labute approximate surface area is 247 Å². The first-order chi connectivity index (χ1) is 20.6. The third-order valence-electron chi connectivity index (χ3n) is 6.67. The fourth-order valence-corrected chi connectivity index (χ4v) is 4.43. The van der Waals surface area contributed by atoms with Gasteiger partial charge in [0.1, 0.15) is 11.9 Å². The van der Waals surface area contributed by atoms with Crippen molar-refractivity contribution in [3.8, 4) is 0 Å². The number of rotatable bonds is 16. The lowest BCUT2D eigenvalue weighted by molar-refractivity contribution is -0.176. The highest BCUT2D eigenvalue weighted by Gasteiger charge is 2.62. The second-order valence-corrected chi connectivity index (χ2v) is 10.1. The lowest BCUT2D eigenvalue weighted by atomic mass is 10.1. The summed E-state index contributed by atoms with van der Waals surface area (Å²) in [7, 11) is 0. The molecule has 0 radical (unpaired) electrons. The standard InChI is InChI=1S/C29H38F2N4O8/c1-2-3-11-18-41-28(40)34-22-16-17-35(27(39)33-22)26-29(30,31)25(21(19-36)42-26)43-24(38)15-10-5-4-9-14-23(37)32-20-12-7-6-8-13-20/h6-8,12-13,16-17,21,25-26,36H,2-5,9-11,14-15,18-19H2,1H3,(H,32,37)(H,33,34,39,40)/t21-,25-,26-/m1/s1. The molecule has 1 fully saturated rings. The van der Waals surface area contributed by atoms with Gasteiger partial charge in [0.05, 0.1) is 13.2 Å². The number of nitrogens with zero attached hydrogens (tertiary/aromatic N) is 2. The van der Waals surface area contributed by atoms with Crippen molar-refractivity contribution < 1.29 is 42.5 Å². The number of para-hydroxylation sites is 1. The van der Waals surface area contributed by atoms with E-state index in [2.05, 4.69) is 15.6 Å². The summed E-state index contributed by atoms with van der Waals surface area (Å²) < 4.78 is 46.4. The number of hydrogen-bond donors (Lipinski definition) is 3. The van der Waals surface area contributed by atoms with Gasteiger partial charge < -0.3 is 24.6 Å². The number of nitrogens with one attached hydrogen (secondary N) is 2. The van der Waals surface area contributed by atoms with E-state index in [1.165, 1.54) is 0 Å². The molecule has 2 aromatic rings. The highest BCUT2D eigenvalue weighted by atomic mass is 19.3. The number of unbranched alkanes of at least 4 members (excludes halogenated alkanes) is 5. The van der Waals surface area contributed by atoms with E-state index in [0.29, 0.717) is 48.8 Å². The quantitative estimate of drug-likeness (QED) is 0.186. The van der Waals surface area contributed by atoms with Crippen molar-refractivity contribution in [3.05, 3.63) is 53.1 Å². The first kappa shape index (κ1) is 33.6. The molecule has 236 valence electrons. The zero-order chi connectivity index (χ0) is 31.2. The van der Waals surface area contributed by atoms with E-state index in [1.54, 1.807) is 12.1 Å². The molecule has 1 aromatic heterocycles.